The van der Waals surface area contributed by atoms with Crippen molar-refractivity contribution < 1.29 is 22.6 Å². The van der Waals surface area contributed by atoms with Crippen LogP contribution in [0.3, 0.4) is 0 Å². The summed E-state index contributed by atoms with van der Waals surface area (Å²) in [5.41, 5.74) is 4.50. The number of halogens is 2. The smallest absolute Gasteiger partial charge is 0.227 e. The highest BCUT2D eigenvalue weighted by Crippen LogP contribution is 2.50. The Bertz CT molecular complexity index is 2020. The van der Waals surface area contributed by atoms with E-state index in [2.05, 4.69) is 0 Å². The second-order valence-corrected chi connectivity index (χ2v) is 14.7. The van der Waals surface area contributed by atoms with E-state index in [0.29, 0.717) is 17.1 Å². The molecule has 4 aromatic rings. The number of anilines is 2. The van der Waals surface area contributed by atoms with Crippen LogP contribution in [0.2, 0.25) is 0 Å². The molecule has 2 atom stereocenters. The summed E-state index contributed by atoms with van der Waals surface area (Å²) in [6.07, 6.45) is -10.5. The van der Waals surface area contributed by atoms with Crippen LogP contribution in [-0.4, -0.2) is 42.3 Å². The summed E-state index contributed by atoms with van der Waals surface area (Å²) < 4.78 is 61.7. The largest absolute Gasteiger partial charge is 0.487 e. The molecule has 0 unspecified atom stereocenters. The van der Waals surface area contributed by atoms with E-state index in [9.17, 15) is 9.59 Å². The van der Waals surface area contributed by atoms with Crippen LogP contribution < -0.4 is 14.5 Å². The molecule has 2 aromatic heterocycles. The first-order valence-corrected chi connectivity index (χ1v) is 17.0. The first-order chi connectivity index (χ1) is 22.7. The van der Waals surface area contributed by atoms with Crippen molar-refractivity contribution in [3.63, 3.8) is 0 Å². The fraction of sp³-hybridized carbons (Fsp3) is 0.471. The highest BCUT2D eigenvalue weighted by Gasteiger charge is 2.37. The number of nitrogens with zero attached hydrogens (tertiary/aromatic N) is 2. The summed E-state index contributed by atoms with van der Waals surface area (Å²) >= 11 is 15.9. The van der Waals surface area contributed by atoms with Crippen LogP contribution in [0.25, 0.3) is 20.2 Å². The number of hydrogen-bond acceptors (Lipinski definition) is 5. The van der Waals surface area contributed by atoms with E-state index in [0.717, 1.165) is 52.9 Å². The van der Waals surface area contributed by atoms with Gasteiger partial charge in [-0.2, -0.15) is 0 Å². The zero-order chi connectivity index (χ0) is 36.2. The van der Waals surface area contributed by atoms with Crippen molar-refractivity contribution in [2.75, 3.05) is 34.6 Å². The SMILES string of the molecule is [2H]C([2H])(C(=O)N1C[C@@H](CCl)c2c1cc(C)c1scc(C)c21)C([2H])([2H])C([2H])([2H])C(=O)N1C[C@@H](CCl)c2c1cc(OC(C)(C)C)c1scc(C)c21. The van der Waals surface area contributed by atoms with Gasteiger partial charge in [-0.05, 0) is 92.6 Å². The first-order valence-electron chi connectivity index (χ1n) is 17.2. The third kappa shape index (κ3) is 5.34. The van der Waals surface area contributed by atoms with Gasteiger partial charge >= 0.3 is 0 Å². The maximum absolute atomic E-state index is 14.3. The van der Waals surface area contributed by atoms with Crippen LogP contribution in [0.4, 0.5) is 11.4 Å². The highest BCUT2D eigenvalue weighted by atomic mass is 35.5. The summed E-state index contributed by atoms with van der Waals surface area (Å²) in [5.74, 6) is -2.55. The fourth-order valence-electron chi connectivity index (χ4n) is 6.31. The average Bonchev–Trinajstić information content (AvgIpc) is 3.78. The third-order valence-electron chi connectivity index (χ3n) is 8.07. The molecule has 2 amide bonds. The minimum atomic E-state index is -3.60. The molecule has 0 N–H and O–H groups in total. The van der Waals surface area contributed by atoms with E-state index in [-0.39, 0.29) is 30.8 Å². The molecule has 0 bridgehead atoms. The molecular weight excluding hydrogens is 619 g/mol. The van der Waals surface area contributed by atoms with Crippen LogP contribution >= 0.6 is 45.9 Å². The molecule has 2 aliphatic rings. The van der Waals surface area contributed by atoms with Gasteiger partial charge < -0.3 is 14.5 Å². The van der Waals surface area contributed by atoms with Crippen molar-refractivity contribution in [3.05, 3.63) is 50.7 Å². The average molecular weight is 664 g/mol. The number of aryl methyl sites for hydroxylation is 3. The maximum atomic E-state index is 14.3. The third-order valence-corrected chi connectivity index (χ3v) is 11.2. The van der Waals surface area contributed by atoms with E-state index in [1.807, 2.05) is 52.3 Å². The van der Waals surface area contributed by atoms with Gasteiger partial charge in [0.25, 0.3) is 0 Å². The Kier molecular flexibility index (Phi) is 6.44. The van der Waals surface area contributed by atoms with Gasteiger partial charge in [0.1, 0.15) is 11.4 Å². The van der Waals surface area contributed by atoms with Crippen molar-refractivity contribution in [1.29, 1.82) is 0 Å². The number of rotatable bonds is 7. The molecule has 5 nitrogen and oxygen atoms in total. The van der Waals surface area contributed by atoms with Crippen LogP contribution in [0.15, 0.2) is 22.9 Å². The van der Waals surface area contributed by atoms with Crippen LogP contribution in [0, 0.1) is 20.8 Å². The van der Waals surface area contributed by atoms with E-state index in [4.69, 9.17) is 36.2 Å². The molecule has 228 valence electrons. The molecular formula is C34H38Cl2N2O3S2. The molecule has 4 heterocycles. The standard InChI is InChI=1S/C34H38Cl2N2O3S2/c1-18-10-23-30(28-19(2)16-42-32(18)28)21(12-35)14-37(23)26(39)8-7-9-27(40)38-15-22(13-36)31-24(38)11-25(41-34(4,5)6)33-29(31)20(3)17-43-33/h10-11,16-17,21-22H,7-9,12-15H2,1-6H3/t21-,22-/m1/s1/i7D2,8D2,9D2. The van der Waals surface area contributed by atoms with Gasteiger partial charge in [-0.15, -0.1) is 45.9 Å². The number of ether oxygens (including phenoxy) is 1. The Balaban J connectivity index is 1.40. The zero-order valence-corrected chi connectivity index (χ0v) is 28.1. The number of thiophene rings is 2. The van der Waals surface area contributed by atoms with Gasteiger partial charge in [0.05, 0.1) is 10.4 Å². The molecule has 6 rings (SSSR count). The lowest BCUT2D eigenvalue weighted by atomic mass is 9.95. The van der Waals surface area contributed by atoms with Crippen molar-refractivity contribution in [2.45, 2.75) is 78.1 Å². The fourth-order valence-corrected chi connectivity index (χ4v) is 8.88. The van der Waals surface area contributed by atoms with E-state index >= 15 is 0 Å². The molecule has 0 saturated heterocycles. The minimum Gasteiger partial charge on any atom is -0.487 e. The Morgan fingerprint density at radius 3 is 1.86 bits per heavy atom. The Hall–Kier alpha value is -2.32. The second kappa shape index (κ2) is 11.6. The Morgan fingerprint density at radius 1 is 0.860 bits per heavy atom. The molecule has 2 aliphatic heterocycles. The van der Waals surface area contributed by atoms with Crippen molar-refractivity contribution in [1.82, 2.24) is 0 Å². The molecule has 9 heteroatoms. The molecule has 0 saturated carbocycles. The predicted molar refractivity (Wildman–Crippen MR) is 184 cm³/mol. The summed E-state index contributed by atoms with van der Waals surface area (Å²) in [6.45, 7) is 11.4. The normalized spacial score (nSPS) is 21.2. The van der Waals surface area contributed by atoms with Gasteiger partial charge in [0, 0.05) is 84.9 Å². The van der Waals surface area contributed by atoms with E-state index in [1.165, 1.54) is 16.2 Å². The number of amides is 2. The first kappa shape index (κ1) is 24.0. The molecule has 0 fully saturated rings. The lowest BCUT2D eigenvalue weighted by Crippen LogP contribution is -2.32. The van der Waals surface area contributed by atoms with Gasteiger partial charge in [0.15, 0.2) is 0 Å². The van der Waals surface area contributed by atoms with E-state index in [1.54, 1.807) is 23.5 Å². The topological polar surface area (TPSA) is 49.9 Å². The number of alkyl halides is 2. The van der Waals surface area contributed by atoms with Crippen molar-refractivity contribution in [3.8, 4) is 5.75 Å². The Labute approximate surface area is 280 Å². The van der Waals surface area contributed by atoms with Crippen molar-refractivity contribution >= 4 is 89.2 Å². The lowest BCUT2D eigenvalue weighted by Gasteiger charge is -2.24. The second-order valence-electron chi connectivity index (χ2n) is 12.3. The summed E-state index contributed by atoms with van der Waals surface area (Å²) in [4.78, 5) is 30.8. The predicted octanol–water partition coefficient (Wildman–Crippen LogP) is 9.43. The van der Waals surface area contributed by atoms with Gasteiger partial charge in [-0.1, -0.05) is 0 Å². The minimum absolute atomic E-state index is 0.00148. The number of fused-ring (bicyclic) bond motifs is 6. The molecule has 43 heavy (non-hydrogen) atoms. The molecule has 0 aliphatic carbocycles. The van der Waals surface area contributed by atoms with E-state index < -0.39 is 42.5 Å². The summed E-state index contributed by atoms with van der Waals surface area (Å²) in [5, 5.41) is 5.79. The van der Waals surface area contributed by atoms with Gasteiger partial charge in [-0.3, -0.25) is 9.59 Å². The maximum Gasteiger partial charge on any atom is 0.227 e. The quantitative estimate of drug-likeness (QED) is 0.185. The van der Waals surface area contributed by atoms with Crippen LogP contribution in [0.1, 0.15) is 87.8 Å². The zero-order valence-electron chi connectivity index (χ0n) is 31.0. The van der Waals surface area contributed by atoms with Crippen molar-refractivity contribution in [2.24, 2.45) is 0 Å². The number of benzene rings is 2. The lowest BCUT2D eigenvalue weighted by molar-refractivity contribution is -0.119. The molecule has 2 aromatic carbocycles. The summed E-state index contributed by atoms with van der Waals surface area (Å²) in [6, 6.07) is 3.44. The van der Waals surface area contributed by atoms with Gasteiger partial charge in [0.2, 0.25) is 11.8 Å². The van der Waals surface area contributed by atoms with Crippen LogP contribution in [-0.2, 0) is 9.59 Å². The number of hydrogen-bond donors (Lipinski definition) is 0. The molecule has 0 spiro atoms. The number of carbonyl (C=O) groups excluding carboxylic acids is 2. The molecule has 0 radical (unpaired) electrons. The Morgan fingerprint density at radius 2 is 1.35 bits per heavy atom. The monoisotopic (exact) mass is 662 g/mol. The summed E-state index contributed by atoms with van der Waals surface area (Å²) in [7, 11) is 0. The van der Waals surface area contributed by atoms with Gasteiger partial charge in [-0.25, -0.2) is 0 Å². The number of carbonyl (C=O) groups is 2. The van der Waals surface area contributed by atoms with Crippen LogP contribution in [0.5, 0.6) is 5.75 Å². The highest BCUT2D eigenvalue weighted by molar-refractivity contribution is 7.18.